The number of fused-ring (bicyclic) bond motifs is 3. The van der Waals surface area contributed by atoms with Gasteiger partial charge in [-0.25, -0.2) is 0 Å². The van der Waals surface area contributed by atoms with E-state index in [1.807, 2.05) is 0 Å². The molecule has 0 spiro atoms. The lowest BCUT2D eigenvalue weighted by Crippen LogP contribution is -2.51. The van der Waals surface area contributed by atoms with E-state index in [-0.39, 0.29) is 0 Å². The number of rotatable bonds is 3. The zero-order valence-electron chi connectivity index (χ0n) is 13.8. The van der Waals surface area contributed by atoms with Gasteiger partial charge in [-0.3, -0.25) is 0 Å². The molecule has 4 heteroatoms. The van der Waals surface area contributed by atoms with Gasteiger partial charge in [0.15, 0.2) is 0 Å². The van der Waals surface area contributed by atoms with E-state index in [1.54, 1.807) is 0 Å². The summed E-state index contributed by atoms with van der Waals surface area (Å²) in [5.41, 5.74) is 0.866. The van der Waals surface area contributed by atoms with Gasteiger partial charge in [-0.2, -0.15) is 0 Å². The predicted octanol–water partition coefficient (Wildman–Crippen LogP) is 3.09. The standard InChI is InChI=1S/C17H28N4/c1-11(14-20-19-13-6-5-9-21(13)14)18-15-16(2,3)12-7-8-17(15,4)10-12/h11-12,15,18H,5-10H2,1-4H3. The second kappa shape index (κ2) is 4.31. The Bertz CT molecular complexity index is 556. The van der Waals surface area contributed by atoms with Crippen LogP contribution < -0.4 is 5.32 Å². The first kappa shape index (κ1) is 13.7. The van der Waals surface area contributed by atoms with E-state index in [2.05, 4.69) is 47.8 Å². The number of nitrogens with zero attached hydrogens (tertiary/aromatic N) is 3. The van der Waals surface area contributed by atoms with Gasteiger partial charge in [0.1, 0.15) is 11.6 Å². The Hall–Kier alpha value is -0.900. The maximum atomic E-state index is 4.46. The molecule has 1 aromatic heterocycles. The van der Waals surface area contributed by atoms with Crippen LogP contribution in [0.4, 0.5) is 0 Å². The normalized spacial score (nSPS) is 37.9. The lowest BCUT2D eigenvalue weighted by molar-refractivity contribution is 0.0988. The van der Waals surface area contributed by atoms with E-state index in [4.69, 9.17) is 0 Å². The van der Waals surface area contributed by atoms with Crippen molar-refractivity contribution in [1.82, 2.24) is 20.1 Å². The van der Waals surface area contributed by atoms with E-state index in [1.165, 1.54) is 31.5 Å². The van der Waals surface area contributed by atoms with Crippen LogP contribution in [0, 0.1) is 16.7 Å². The van der Waals surface area contributed by atoms with Crippen molar-refractivity contribution < 1.29 is 0 Å². The lowest BCUT2D eigenvalue weighted by atomic mass is 9.68. The monoisotopic (exact) mass is 288 g/mol. The Morgan fingerprint density at radius 1 is 1.29 bits per heavy atom. The molecule has 1 aromatic rings. The van der Waals surface area contributed by atoms with Gasteiger partial charge in [-0.05, 0) is 49.4 Å². The Morgan fingerprint density at radius 2 is 2.10 bits per heavy atom. The van der Waals surface area contributed by atoms with Gasteiger partial charge in [-0.15, -0.1) is 10.2 Å². The highest BCUT2D eigenvalue weighted by Crippen LogP contribution is 2.62. The molecule has 4 unspecified atom stereocenters. The molecule has 4 rings (SSSR count). The highest BCUT2D eigenvalue weighted by atomic mass is 15.3. The van der Waals surface area contributed by atoms with Crippen LogP contribution in [0.1, 0.15) is 71.1 Å². The fourth-order valence-corrected chi connectivity index (χ4v) is 5.54. The van der Waals surface area contributed by atoms with E-state index in [0.29, 0.717) is 22.9 Å². The molecular weight excluding hydrogens is 260 g/mol. The maximum Gasteiger partial charge on any atom is 0.149 e. The Balaban J connectivity index is 1.58. The average molecular weight is 288 g/mol. The minimum Gasteiger partial charge on any atom is -0.314 e. The molecule has 2 aliphatic carbocycles. The Morgan fingerprint density at radius 3 is 2.81 bits per heavy atom. The van der Waals surface area contributed by atoms with Crippen molar-refractivity contribution in [2.24, 2.45) is 16.7 Å². The third-order valence-electron chi connectivity index (χ3n) is 6.71. The summed E-state index contributed by atoms with van der Waals surface area (Å²) in [6.45, 7) is 10.8. The number of nitrogens with one attached hydrogen (secondary N) is 1. The number of hydrogen-bond acceptors (Lipinski definition) is 3. The second-order valence-electron chi connectivity index (χ2n) is 8.47. The van der Waals surface area contributed by atoms with Crippen LogP contribution in [0.15, 0.2) is 0 Å². The number of aryl methyl sites for hydroxylation is 1. The minimum atomic E-state index is 0.296. The smallest absolute Gasteiger partial charge is 0.149 e. The first-order valence-corrected chi connectivity index (χ1v) is 8.60. The van der Waals surface area contributed by atoms with Gasteiger partial charge in [0.2, 0.25) is 0 Å². The summed E-state index contributed by atoms with van der Waals surface area (Å²) in [6, 6.07) is 0.887. The van der Waals surface area contributed by atoms with Crippen molar-refractivity contribution in [3.8, 4) is 0 Å². The SMILES string of the molecule is CC(NC1C2(C)CCC(C2)C1(C)C)c1nnc2n1CCC2. The molecule has 0 aromatic carbocycles. The van der Waals surface area contributed by atoms with Crippen molar-refractivity contribution in [2.45, 2.75) is 78.4 Å². The van der Waals surface area contributed by atoms with Gasteiger partial charge >= 0.3 is 0 Å². The van der Waals surface area contributed by atoms with Crippen molar-refractivity contribution in [2.75, 3.05) is 0 Å². The molecule has 21 heavy (non-hydrogen) atoms. The molecule has 2 saturated carbocycles. The number of aromatic nitrogens is 3. The quantitative estimate of drug-likeness (QED) is 0.929. The molecule has 0 saturated heterocycles. The van der Waals surface area contributed by atoms with E-state index in [9.17, 15) is 0 Å². The molecule has 4 nitrogen and oxygen atoms in total. The first-order valence-electron chi connectivity index (χ1n) is 8.60. The van der Waals surface area contributed by atoms with E-state index < -0.39 is 0 Å². The molecule has 2 bridgehead atoms. The van der Waals surface area contributed by atoms with Crippen LogP contribution in [0.5, 0.6) is 0 Å². The predicted molar refractivity (Wildman–Crippen MR) is 82.9 cm³/mol. The van der Waals surface area contributed by atoms with E-state index in [0.717, 1.165) is 24.7 Å². The average Bonchev–Trinajstić information content (AvgIpc) is 3.11. The van der Waals surface area contributed by atoms with Crippen molar-refractivity contribution in [1.29, 1.82) is 0 Å². The van der Waals surface area contributed by atoms with Crippen molar-refractivity contribution in [3.05, 3.63) is 11.6 Å². The zero-order chi connectivity index (χ0) is 14.8. The van der Waals surface area contributed by atoms with Crippen LogP contribution in [-0.2, 0) is 13.0 Å². The van der Waals surface area contributed by atoms with Crippen LogP contribution in [0.25, 0.3) is 0 Å². The van der Waals surface area contributed by atoms with Gasteiger partial charge < -0.3 is 9.88 Å². The lowest BCUT2D eigenvalue weighted by Gasteiger charge is -2.44. The summed E-state index contributed by atoms with van der Waals surface area (Å²) >= 11 is 0. The van der Waals surface area contributed by atoms with Crippen LogP contribution >= 0.6 is 0 Å². The van der Waals surface area contributed by atoms with Gasteiger partial charge in [0, 0.05) is 19.0 Å². The largest absolute Gasteiger partial charge is 0.314 e. The van der Waals surface area contributed by atoms with Crippen molar-refractivity contribution >= 4 is 0 Å². The summed E-state index contributed by atoms with van der Waals surface area (Å²) in [6.07, 6.45) is 6.50. The fraction of sp³-hybridized carbons (Fsp3) is 0.882. The third-order valence-corrected chi connectivity index (χ3v) is 6.71. The Labute approximate surface area is 127 Å². The molecule has 2 fully saturated rings. The van der Waals surface area contributed by atoms with Gasteiger partial charge in [-0.1, -0.05) is 20.8 Å². The molecule has 1 aliphatic heterocycles. The topological polar surface area (TPSA) is 42.7 Å². The molecule has 1 N–H and O–H groups in total. The molecular formula is C17H28N4. The summed E-state index contributed by atoms with van der Waals surface area (Å²) in [7, 11) is 0. The third kappa shape index (κ3) is 1.84. The fourth-order valence-electron chi connectivity index (χ4n) is 5.54. The van der Waals surface area contributed by atoms with Crippen LogP contribution in [-0.4, -0.2) is 20.8 Å². The van der Waals surface area contributed by atoms with Crippen LogP contribution in [0.2, 0.25) is 0 Å². The first-order chi connectivity index (χ1) is 9.92. The minimum absolute atomic E-state index is 0.296. The number of hydrogen-bond donors (Lipinski definition) is 1. The second-order valence-corrected chi connectivity index (χ2v) is 8.47. The van der Waals surface area contributed by atoms with Gasteiger partial charge in [0.05, 0.1) is 6.04 Å². The Kier molecular flexibility index (Phi) is 2.82. The molecule has 2 heterocycles. The summed E-state index contributed by atoms with van der Waals surface area (Å²) < 4.78 is 2.33. The highest BCUT2D eigenvalue weighted by molar-refractivity contribution is 5.14. The van der Waals surface area contributed by atoms with Crippen LogP contribution in [0.3, 0.4) is 0 Å². The highest BCUT2D eigenvalue weighted by Gasteiger charge is 2.59. The van der Waals surface area contributed by atoms with Gasteiger partial charge in [0.25, 0.3) is 0 Å². The summed E-state index contributed by atoms with van der Waals surface area (Å²) in [5, 5.41) is 12.8. The van der Waals surface area contributed by atoms with Crippen molar-refractivity contribution in [3.63, 3.8) is 0 Å². The molecule has 3 aliphatic rings. The molecule has 4 atom stereocenters. The summed E-state index contributed by atoms with van der Waals surface area (Å²) in [5.74, 6) is 3.21. The van der Waals surface area contributed by atoms with E-state index >= 15 is 0 Å². The maximum absolute atomic E-state index is 4.46. The summed E-state index contributed by atoms with van der Waals surface area (Å²) in [4.78, 5) is 0. The molecule has 0 radical (unpaired) electrons. The molecule has 0 amide bonds. The zero-order valence-corrected chi connectivity index (χ0v) is 13.8. The molecule has 116 valence electrons.